The normalized spacial score (nSPS) is 17.0. The van der Waals surface area contributed by atoms with Crippen LogP contribution >= 0.6 is 0 Å². The Kier molecular flexibility index (Phi) is 7.69. The second-order valence-corrected chi connectivity index (χ2v) is 4.27. The van der Waals surface area contributed by atoms with E-state index < -0.39 is 5.09 Å². The molecule has 0 bridgehead atoms. The fourth-order valence-electron chi connectivity index (χ4n) is 1.76. The average molecular weight is 260 g/mol. The number of piperidine rings is 1. The van der Waals surface area contributed by atoms with E-state index in [1.54, 1.807) is 6.92 Å². The topological polar surface area (TPSA) is 96.9 Å². The van der Waals surface area contributed by atoms with E-state index in [1.165, 1.54) is 24.2 Å². The van der Waals surface area contributed by atoms with Gasteiger partial charge in [-0.2, -0.15) is 0 Å². The smallest absolute Gasteiger partial charge is 0.337 e. The number of nitrogens with zero attached hydrogens (tertiary/aromatic N) is 1. The predicted octanol–water partition coefficient (Wildman–Crippen LogP) is 0.281. The molecular formula is C11H20N2O5. The van der Waals surface area contributed by atoms with E-state index >= 15 is 0 Å². The number of quaternary nitrogens is 1. The molecule has 1 aliphatic heterocycles. The van der Waals surface area contributed by atoms with Crippen molar-refractivity contribution in [2.75, 3.05) is 13.1 Å². The Morgan fingerprint density at radius 2 is 1.78 bits per heavy atom. The number of likely N-dealkylation sites (tertiary alicyclic amines) is 1. The van der Waals surface area contributed by atoms with Gasteiger partial charge in [-0.25, -0.2) is 4.79 Å². The summed E-state index contributed by atoms with van der Waals surface area (Å²) in [6.45, 7) is 9.44. The fraction of sp³-hybridized carbons (Fsp3) is 0.727. The van der Waals surface area contributed by atoms with Crippen LogP contribution in [-0.4, -0.2) is 30.4 Å². The molecule has 1 rings (SSSR count). The first kappa shape index (κ1) is 16.4. The Balaban J connectivity index is 0.000000631. The average Bonchev–Trinajstić information content (AvgIpc) is 2.29. The lowest BCUT2D eigenvalue weighted by Gasteiger charge is -2.28. The molecule has 1 aliphatic rings. The van der Waals surface area contributed by atoms with Crippen molar-refractivity contribution in [3.63, 3.8) is 0 Å². The molecule has 1 fully saturated rings. The van der Waals surface area contributed by atoms with E-state index in [2.05, 4.69) is 6.58 Å². The zero-order valence-electron chi connectivity index (χ0n) is 10.8. The molecule has 0 radical (unpaired) electrons. The van der Waals surface area contributed by atoms with Gasteiger partial charge in [0.1, 0.15) is 0 Å². The number of carbonyl (C=O) groups excluding carboxylic acids is 1. The number of esters is 1. The number of hydrogen-bond acceptors (Lipinski definition) is 5. The van der Waals surface area contributed by atoms with Gasteiger partial charge in [0, 0.05) is 12.5 Å². The molecule has 0 amide bonds. The molecule has 18 heavy (non-hydrogen) atoms. The first-order valence-corrected chi connectivity index (χ1v) is 5.87. The molecule has 7 nitrogen and oxygen atoms in total. The fourth-order valence-corrected chi connectivity index (χ4v) is 1.76. The highest BCUT2D eigenvalue weighted by Gasteiger charge is 2.23. The summed E-state index contributed by atoms with van der Waals surface area (Å²) in [4.78, 5) is 20.9. The predicted molar refractivity (Wildman–Crippen MR) is 65.3 cm³/mol. The second-order valence-electron chi connectivity index (χ2n) is 4.27. The molecule has 0 aromatic heterocycles. The summed E-state index contributed by atoms with van der Waals surface area (Å²) in [6.07, 6.45) is 3.76. The van der Waals surface area contributed by atoms with Crippen LogP contribution in [0.15, 0.2) is 12.2 Å². The number of hydrogen-bond donors (Lipinski definition) is 1. The Morgan fingerprint density at radius 3 is 2.17 bits per heavy atom. The van der Waals surface area contributed by atoms with E-state index in [0.29, 0.717) is 5.57 Å². The summed E-state index contributed by atoms with van der Waals surface area (Å²) in [5.74, 6) is -0.268. The van der Waals surface area contributed by atoms with Gasteiger partial charge in [-0.3, -0.25) is 4.90 Å². The lowest BCUT2D eigenvalue weighted by atomic mass is 10.1. The molecular weight excluding hydrogens is 240 g/mol. The SMILES string of the molecule is C=C(C)C(=O)OC(C)[NH+]1CCCCC1.O=[N+]([O-])[O-]. The van der Waals surface area contributed by atoms with Crippen molar-refractivity contribution in [1.29, 1.82) is 0 Å². The quantitative estimate of drug-likeness (QED) is 0.340. The molecule has 1 N–H and O–H groups in total. The van der Waals surface area contributed by atoms with Gasteiger partial charge in [0.2, 0.25) is 6.23 Å². The van der Waals surface area contributed by atoms with Crippen LogP contribution < -0.4 is 4.90 Å². The molecule has 7 heteroatoms. The van der Waals surface area contributed by atoms with Gasteiger partial charge in [-0.1, -0.05) is 6.58 Å². The Hall–Kier alpha value is -1.63. The van der Waals surface area contributed by atoms with Gasteiger partial charge in [0.15, 0.2) is 0 Å². The van der Waals surface area contributed by atoms with Crippen molar-refractivity contribution in [1.82, 2.24) is 0 Å². The number of carbonyl (C=O) groups is 1. The number of rotatable bonds is 3. The molecule has 1 saturated heterocycles. The highest BCUT2D eigenvalue weighted by atomic mass is 16.9. The van der Waals surface area contributed by atoms with Crippen molar-refractivity contribution in [3.8, 4) is 0 Å². The maximum Gasteiger partial charge on any atom is 0.337 e. The van der Waals surface area contributed by atoms with E-state index in [0.717, 1.165) is 13.1 Å². The Labute approximate surface area is 106 Å². The van der Waals surface area contributed by atoms with Crippen molar-refractivity contribution >= 4 is 5.97 Å². The molecule has 0 spiro atoms. The molecule has 1 unspecified atom stereocenters. The lowest BCUT2D eigenvalue weighted by Crippen LogP contribution is -3.16. The second kappa shape index (κ2) is 8.46. The minimum Gasteiger partial charge on any atom is -0.409 e. The van der Waals surface area contributed by atoms with Crippen LogP contribution in [0.2, 0.25) is 0 Å². The summed E-state index contributed by atoms with van der Waals surface area (Å²) in [5, 5.41) is 14.8. The van der Waals surface area contributed by atoms with Crippen molar-refractivity contribution in [2.45, 2.75) is 39.3 Å². The van der Waals surface area contributed by atoms with E-state index in [1.807, 2.05) is 6.92 Å². The van der Waals surface area contributed by atoms with Crippen LogP contribution in [0.4, 0.5) is 0 Å². The molecule has 0 aromatic carbocycles. The number of nitrogens with one attached hydrogen (secondary N) is 1. The standard InChI is InChI=1S/C11H19NO2.NO3/c1-9(2)11(13)14-10(3)12-7-5-4-6-8-12;2-1(3)4/h10H,1,4-8H2,2-3H3;/q;-1/p+1. The summed E-state index contributed by atoms with van der Waals surface area (Å²) < 4.78 is 5.28. The van der Waals surface area contributed by atoms with Crippen LogP contribution in [-0.2, 0) is 9.53 Å². The molecule has 0 saturated carbocycles. The Morgan fingerprint density at radius 1 is 1.33 bits per heavy atom. The Bertz CT molecular complexity index is 296. The zero-order valence-corrected chi connectivity index (χ0v) is 10.8. The van der Waals surface area contributed by atoms with E-state index in [-0.39, 0.29) is 12.2 Å². The van der Waals surface area contributed by atoms with Crippen LogP contribution in [0.1, 0.15) is 33.1 Å². The van der Waals surface area contributed by atoms with Gasteiger partial charge in [0.05, 0.1) is 18.2 Å². The third-order valence-electron chi connectivity index (χ3n) is 2.70. The minimum atomic E-state index is -1.75. The van der Waals surface area contributed by atoms with Crippen molar-refractivity contribution < 1.29 is 19.5 Å². The molecule has 104 valence electrons. The largest absolute Gasteiger partial charge is 0.409 e. The first-order valence-electron chi connectivity index (χ1n) is 5.87. The van der Waals surface area contributed by atoms with E-state index in [4.69, 9.17) is 20.1 Å². The molecule has 1 heterocycles. The first-order chi connectivity index (χ1) is 8.34. The molecule has 0 aliphatic carbocycles. The number of ether oxygens (including phenoxy) is 1. The monoisotopic (exact) mass is 260 g/mol. The van der Waals surface area contributed by atoms with Gasteiger partial charge >= 0.3 is 5.97 Å². The van der Waals surface area contributed by atoms with Crippen LogP contribution in [0.5, 0.6) is 0 Å². The highest BCUT2D eigenvalue weighted by Crippen LogP contribution is 1.98. The summed E-state index contributed by atoms with van der Waals surface area (Å²) in [6, 6.07) is 0. The maximum atomic E-state index is 11.3. The van der Waals surface area contributed by atoms with Gasteiger partial charge in [0.25, 0.3) is 0 Å². The maximum absolute atomic E-state index is 11.3. The molecule has 0 aromatic rings. The van der Waals surface area contributed by atoms with Gasteiger partial charge in [-0.15, -0.1) is 0 Å². The third kappa shape index (κ3) is 7.61. The zero-order chi connectivity index (χ0) is 14.1. The van der Waals surface area contributed by atoms with Crippen LogP contribution in [0.25, 0.3) is 0 Å². The minimum absolute atomic E-state index is 0.0282. The molecule has 1 atom stereocenters. The van der Waals surface area contributed by atoms with Gasteiger partial charge in [-0.05, 0) is 26.2 Å². The third-order valence-corrected chi connectivity index (χ3v) is 2.70. The lowest BCUT2D eigenvalue weighted by molar-refractivity contribution is -0.947. The van der Waals surface area contributed by atoms with Crippen LogP contribution in [0.3, 0.4) is 0 Å². The van der Waals surface area contributed by atoms with E-state index in [9.17, 15) is 4.79 Å². The highest BCUT2D eigenvalue weighted by molar-refractivity contribution is 5.86. The van der Waals surface area contributed by atoms with Crippen molar-refractivity contribution in [3.05, 3.63) is 27.5 Å². The van der Waals surface area contributed by atoms with Crippen LogP contribution in [0, 0.1) is 15.3 Å². The summed E-state index contributed by atoms with van der Waals surface area (Å²) in [5.41, 5.74) is 0.480. The summed E-state index contributed by atoms with van der Waals surface area (Å²) >= 11 is 0. The van der Waals surface area contributed by atoms with Gasteiger partial charge < -0.3 is 20.1 Å². The van der Waals surface area contributed by atoms with Crippen molar-refractivity contribution in [2.24, 2.45) is 0 Å². The summed E-state index contributed by atoms with van der Waals surface area (Å²) in [7, 11) is 0.